The molecule has 0 radical (unpaired) electrons. The maximum atomic E-state index is 5.47. The number of nitrogens with two attached hydrogens (primary N) is 1. The van der Waals surface area contributed by atoms with Crippen LogP contribution in [0, 0.1) is 6.92 Å². The number of aryl methyl sites for hydroxylation is 1. The van der Waals surface area contributed by atoms with Gasteiger partial charge in [-0.25, -0.2) is 0 Å². The highest BCUT2D eigenvalue weighted by Crippen LogP contribution is 2.23. The number of hydrogen-bond donors (Lipinski definition) is 1. The molecule has 7 heteroatoms. The van der Waals surface area contributed by atoms with E-state index in [2.05, 4.69) is 17.2 Å². The van der Waals surface area contributed by atoms with Crippen molar-refractivity contribution in [1.82, 2.24) is 14.9 Å². The topological polar surface area (TPSA) is 69.9 Å². The van der Waals surface area contributed by atoms with Crippen molar-refractivity contribution in [3.8, 4) is 11.3 Å². The molecular formula is C10H16Cl2N4O. The molecule has 0 aliphatic heterocycles. The van der Waals surface area contributed by atoms with Gasteiger partial charge in [0.15, 0.2) is 5.76 Å². The van der Waals surface area contributed by atoms with Gasteiger partial charge in [-0.15, -0.1) is 24.8 Å². The standard InChI is InChI=1S/C10H14N4O.2ClH/c1-3-14-7(2)9(6-12-14)10-4-8(5-11)13-15-10;;/h4,6H,3,5,11H2,1-2H3;2*1H. The fourth-order valence-electron chi connectivity index (χ4n) is 1.54. The quantitative estimate of drug-likeness (QED) is 0.934. The van der Waals surface area contributed by atoms with Gasteiger partial charge < -0.3 is 10.3 Å². The SMILES string of the molecule is CCn1ncc(-c2cc(CN)no2)c1C.Cl.Cl. The molecule has 0 spiro atoms. The molecule has 0 saturated carbocycles. The Balaban J connectivity index is 0.00000128. The van der Waals surface area contributed by atoms with Gasteiger partial charge in [0.25, 0.3) is 0 Å². The molecule has 0 fully saturated rings. The minimum Gasteiger partial charge on any atom is -0.356 e. The van der Waals surface area contributed by atoms with Crippen molar-refractivity contribution < 1.29 is 4.52 Å². The van der Waals surface area contributed by atoms with Crippen molar-refractivity contribution in [3.63, 3.8) is 0 Å². The van der Waals surface area contributed by atoms with E-state index in [-0.39, 0.29) is 24.8 Å². The number of nitrogens with zero attached hydrogens (tertiary/aromatic N) is 3. The average molecular weight is 279 g/mol. The summed E-state index contributed by atoms with van der Waals surface area (Å²) < 4.78 is 7.11. The van der Waals surface area contributed by atoms with Crippen LogP contribution in [-0.4, -0.2) is 14.9 Å². The normalized spacial score (nSPS) is 9.59. The van der Waals surface area contributed by atoms with Gasteiger partial charge in [0.1, 0.15) is 0 Å². The van der Waals surface area contributed by atoms with Crippen molar-refractivity contribution in [1.29, 1.82) is 0 Å². The minimum atomic E-state index is 0. The lowest BCUT2D eigenvalue weighted by atomic mass is 10.2. The third-order valence-corrected chi connectivity index (χ3v) is 2.44. The van der Waals surface area contributed by atoms with Crippen LogP contribution in [0.2, 0.25) is 0 Å². The predicted octanol–water partition coefficient (Wildman–Crippen LogP) is 2.17. The highest BCUT2D eigenvalue weighted by molar-refractivity contribution is 5.85. The van der Waals surface area contributed by atoms with E-state index >= 15 is 0 Å². The van der Waals surface area contributed by atoms with Crippen molar-refractivity contribution in [2.24, 2.45) is 5.73 Å². The second-order valence-electron chi connectivity index (χ2n) is 3.35. The zero-order chi connectivity index (χ0) is 10.8. The second-order valence-corrected chi connectivity index (χ2v) is 3.35. The van der Waals surface area contributed by atoms with Crippen LogP contribution in [0.1, 0.15) is 18.3 Å². The molecule has 2 aromatic rings. The average Bonchev–Trinajstić information content (AvgIpc) is 2.83. The fourth-order valence-corrected chi connectivity index (χ4v) is 1.54. The molecule has 0 aliphatic rings. The van der Waals surface area contributed by atoms with Crippen molar-refractivity contribution in [2.75, 3.05) is 0 Å². The van der Waals surface area contributed by atoms with Gasteiger partial charge in [-0.3, -0.25) is 4.68 Å². The van der Waals surface area contributed by atoms with Crippen LogP contribution in [0.4, 0.5) is 0 Å². The molecule has 0 saturated heterocycles. The van der Waals surface area contributed by atoms with Crippen LogP contribution in [0.5, 0.6) is 0 Å². The van der Waals surface area contributed by atoms with E-state index in [1.165, 1.54) is 0 Å². The van der Waals surface area contributed by atoms with Gasteiger partial charge in [0, 0.05) is 24.8 Å². The van der Waals surface area contributed by atoms with Crippen molar-refractivity contribution in [3.05, 3.63) is 23.7 Å². The van der Waals surface area contributed by atoms with Crippen LogP contribution in [0.25, 0.3) is 11.3 Å². The lowest BCUT2D eigenvalue weighted by Gasteiger charge is -1.98. The summed E-state index contributed by atoms with van der Waals surface area (Å²) in [5.74, 6) is 0.729. The highest BCUT2D eigenvalue weighted by Gasteiger charge is 2.12. The summed E-state index contributed by atoms with van der Waals surface area (Å²) in [6.07, 6.45) is 1.79. The number of halogens is 2. The minimum absolute atomic E-state index is 0. The van der Waals surface area contributed by atoms with Crippen LogP contribution >= 0.6 is 24.8 Å². The lowest BCUT2D eigenvalue weighted by Crippen LogP contribution is -1.98. The Morgan fingerprint density at radius 1 is 1.41 bits per heavy atom. The molecule has 2 N–H and O–H groups in total. The fraction of sp³-hybridized carbons (Fsp3) is 0.400. The zero-order valence-electron chi connectivity index (χ0n) is 9.71. The molecule has 5 nitrogen and oxygen atoms in total. The highest BCUT2D eigenvalue weighted by atomic mass is 35.5. The summed E-state index contributed by atoms with van der Waals surface area (Å²) in [6, 6.07) is 1.85. The van der Waals surface area contributed by atoms with E-state index in [0.29, 0.717) is 6.54 Å². The van der Waals surface area contributed by atoms with Gasteiger partial charge in [0.2, 0.25) is 0 Å². The Labute approximate surface area is 112 Å². The van der Waals surface area contributed by atoms with E-state index in [1.54, 1.807) is 6.20 Å². The van der Waals surface area contributed by atoms with Crippen LogP contribution < -0.4 is 5.73 Å². The molecule has 96 valence electrons. The number of rotatable bonds is 3. The molecule has 0 aromatic carbocycles. The Morgan fingerprint density at radius 2 is 2.12 bits per heavy atom. The summed E-state index contributed by atoms with van der Waals surface area (Å²) in [5.41, 5.74) is 8.28. The monoisotopic (exact) mass is 278 g/mol. The first-order chi connectivity index (χ1) is 7.26. The van der Waals surface area contributed by atoms with Gasteiger partial charge in [-0.05, 0) is 13.8 Å². The Hall–Kier alpha value is -1.04. The Morgan fingerprint density at radius 3 is 2.59 bits per heavy atom. The molecule has 0 unspecified atom stereocenters. The smallest absolute Gasteiger partial charge is 0.170 e. The molecule has 2 heterocycles. The van der Waals surface area contributed by atoms with E-state index in [4.69, 9.17) is 10.3 Å². The number of aromatic nitrogens is 3. The van der Waals surface area contributed by atoms with E-state index in [9.17, 15) is 0 Å². The molecule has 0 bridgehead atoms. The summed E-state index contributed by atoms with van der Waals surface area (Å²) >= 11 is 0. The Bertz CT molecular complexity index is 467. The summed E-state index contributed by atoms with van der Waals surface area (Å²) in [7, 11) is 0. The molecule has 17 heavy (non-hydrogen) atoms. The molecule has 0 amide bonds. The Kier molecular flexibility index (Phi) is 6.23. The van der Waals surface area contributed by atoms with Crippen LogP contribution in [0.15, 0.2) is 16.8 Å². The van der Waals surface area contributed by atoms with Gasteiger partial charge in [0.05, 0.1) is 17.5 Å². The summed E-state index contributed by atoms with van der Waals surface area (Å²) in [4.78, 5) is 0. The lowest BCUT2D eigenvalue weighted by molar-refractivity contribution is 0.423. The predicted molar refractivity (Wildman–Crippen MR) is 70.5 cm³/mol. The van der Waals surface area contributed by atoms with Gasteiger partial charge >= 0.3 is 0 Å². The van der Waals surface area contributed by atoms with E-state index < -0.39 is 0 Å². The molecular weight excluding hydrogens is 263 g/mol. The van der Waals surface area contributed by atoms with E-state index in [0.717, 1.165) is 29.3 Å². The first kappa shape index (κ1) is 16.0. The first-order valence-corrected chi connectivity index (χ1v) is 4.94. The second kappa shape index (κ2) is 6.64. The van der Waals surface area contributed by atoms with Gasteiger partial charge in [-0.2, -0.15) is 5.10 Å². The summed E-state index contributed by atoms with van der Waals surface area (Å²) in [5, 5.41) is 8.09. The molecule has 0 aliphatic carbocycles. The number of hydrogen-bond acceptors (Lipinski definition) is 4. The van der Waals surface area contributed by atoms with E-state index in [1.807, 2.05) is 17.7 Å². The van der Waals surface area contributed by atoms with Crippen LogP contribution in [0.3, 0.4) is 0 Å². The van der Waals surface area contributed by atoms with Crippen molar-refractivity contribution in [2.45, 2.75) is 26.9 Å². The summed E-state index contributed by atoms with van der Waals surface area (Å²) in [6.45, 7) is 5.31. The molecule has 0 atom stereocenters. The third-order valence-electron chi connectivity index (χ3n) is 2.44. The third kappa shape index (κ3) is 3.00. The molecule has 2 rings (SSSR count). The van der Waals surface area contributed by atoms with Gasteiger partial charge in [-0.1, -0.05) is 5.16 Å². The zero-order valence-corrected chi connectivity index (χ0v) is 11.3. The largest absolute Gasteiger partial charge is 0.356 e. The maximum absolute atomic E-state index is 5.47. The first-order valence-electron chi connectivity index (χ1n) is 4.94. The maximum Gasteiger partial charge on any atom is 0.170 e. The van der Waals surface area contributed by atoms with Crippen LogP contribution in [-0.2, 0) is 13.1 Å². The van der Waals surface area contributed by atoms with Crippen molar-refractivity contribution >= 4 is 24.8 Å². The molecule has 2 aromatic heterocycles.